The van der Waals surface area contributed by atoms with Crippen LogP contribution in [-0.4, -0.2) is 70.1 Å². The number of carbonyl (C=O) groups is 1. The van der Waals surface area contributed by atoms with Gasteiger partial charge in [-0.1, -0.05) is 0 Å². The largest absolute Gasteiger partial charge is 0.388 e. The number of hydrogen-bond acceptors (Lipinski definition) is 6. The van der Waals surface area contributed by atoms with Gasteiger partial charge in [0.2, 0.25) is 11.9 Å². The molecule has 4 aromatic rings. The Morgan fingerprint density at radius 1 is 1.11 bits per heavy atom. The zero-order valence-corrected chi connectivity index (χ0v) is 19.9. The van der Waals surface area contributed by atoms with Gasteiger partial charge >= 0.3 is 0 Å². The molecule has 1 unspecified atom stereocenters. The van der Waals surface area contributed by atoms with Crippen molar-refractivity contribution in [2.75, 3.05) is 13.1 Å². The fraction of sp³-hybridized carbons (Fsp3) is 0.375. The summed E-state index contributed by atoms with van der Waals surface area (Å²) < 4.78 is 56.8. The molecule has 0 saturated carbocycles. The summed E-state index contributed by atoms with van der Waals surface area (Å²) in [4.78, 5) is 31.4. The van der Waals surface area contributed by atoms with Crippen molar-refractivity contribution in [2.45, 2.75) is 43.9 Å². The summed E-state index contributed by atoms with van der Waals surface area (Å²) in [5, 5.41) is 18.9. The van der Waals surface area contributed by atoms with E-state index in [0.29, 0.717) is 5.69 Å². The van der Waals surface area contributed by atoms with Gasteiger partial charge in [0.25, 0.3) is 12.0 Å². The Morgan fingerprint density at radius 2 is 1.82 bits per heavy atom. The van der Waals surface area contributed by atoms with Crippen LogP contribution in [0.25, 0.3) is 16.7 Å². The molecule has 5 rings (SSSR count). The van der Waals surface area contributed by atoms with Crippen LogP contribution in [0.15, 0.2) is 53.8 Å². The molecule has 38 heavy (non-hydrogen) atoms. The van der Waals surface area contributed by atoms with E-state index in [2.05, 4.69) is 15.2 Å². The minimum absolute atomic E-state index is 0.0890. The molecule has 10 nitrogen and oxygen atoms in total. The molecule has 1 fully saturated rings. The van der Waals surface area contributed by atoms with E-state index in [1.54, 1.807) is 0 Å². The minimum Gasteiger partial charge on any atom is -0.388 e. The van der Waals surface area contributed by atoms with Gasteiger partial charge in [-0.3, -0.25) is 18.8 Å². The van der Waals surface area contributed by atoms with Crippen molar-refractivity contribution in [1.82, 2.24) is 34.0 Å². The van der Waals surface area contributed by atoms with Crippen LogP contribution in [0, 0.1) is 11.8 Å². The van der Waals surface area contributed by atoms with Crippen LogP contribution in [-0.2, 0) is 11.3 Å². The molecular formula is C24H23F4N7O3. The highest BCUT2D eigenvalue weighted by molar-refractivity contribution is 5.77. The molecule has 0 spiro atoms. The molecule has 1 aliphatic heterocycles. The molecule has 200 valence electrons. The third-order valence-electron chi connectivity index (χ3n) is 6.73. The molecular weight excluding hydrogens is 510 g/mol. The first kappa shape index (κ1) is 25.6. The van der Waals surface area contributed by atoms with Crippen LogP contribution < -0.4 is 5.56 Å². The summed E-state index contributed by atoms with van der Waals surface area (Å²) in [6.07, 6.45) is 0.401. The number of piperidine rings is 1. The first-order chi connectivity index (χ1) is 18.1. The summed E-state index contributed by atoms with van der Waals surface area (Å²) in [7, 11) is 0. The second-order valence-electron chi connectivity index (χ2n) is 9.28. The highest BCUT2D eigenvalue weighted by Crippen LogP contribution is 2.27. The van der Waals surface area contributed by atoms with E-state index in [9.17, 15) is 32.3 Å². The molecule has 3 aromatic heterocycles. The average Bonchev–Trinajstić information content (AvgIpc) is 3.51. The molecule has 1 amide bonds. The lowest BCUT2D eigenvalue weighted by Crippen LogP contribution is -2.50. The smallest absolute Gasteiger partial charge is 0.264 e. The summed E-state index contributed by atoms with van der Waals surface area (Å²) >= 11 is 0. The monoisotopic (exact) mass is 533 g/mol. The van der Waals surface area contributed by atoms with Crippen LogP contribution >= 0.6 is 0 Å². The lowest BCUT2D eigenvalue weighted by atomic mass is 9.91. The first-order valence-electron chi connectivity index (χ1n) is 11.8. The summed E-state index contributed by atoms with van der Waals surface area (Å²) in [5.74, 6) is -1.90. The number of hydrogen-bond donors (Lipinski definition) is 1. The number of carbonyl (C=O) groups excluding carboxylic acids is 1. The summed E-state index contributed by atoms with van der Waals surface area (Å²) in [6.45, 7) is 0.0854. The fourth-order valence-electron chi connectivity index (χ4n) is 4.59. The number of nitrogens with zero attached hydrogens (tertiary/aromatic N) is 7. The molecule has 1 aromatic carbocycles. The van der Waals surface area contributed by atoms with E-state index in [1.165, 1.54) is 50.9 Å². The Morgan fingerprint density at radius 3 is 2.45 bits per heavy atom. The van der Waals surface area contributed by atoms with Gasteiger partial charge in [-0.05, 0) is 37.1 Å². The number of amides is 1. The lowest BCUT2D eigenvalue weighted by molar-refractivity contribution is -0.138. The number of alkyl halides is 2. The van der Waals surface area contributed by atoms with Crippen LogP contribution in [0.5, 0.6) is 0 Å². The number of fused-ring (bicyclic) bond motifs is 1. The van der Waals surface area contributed by atoms with Gasteiger partial charge in [0.15, 0.2) is 5.65 Å². The number of halogens is 4. The maximum Gasteiger partial charge on any atom is 0.264 e. The number of benzene rings is 1. The van der Waals surface area contributed by atoms with Gasteiger partial charge in [-0.2, -0.15) is 9.49 Å². The van der Waals surface area contributed by atoms with E-state index in [4.69, 9.17) is 0 Å². The van der Waals surface area contributed by atoms with Gasteiger partial charge in [0.1, 0.15) is 23.6 Å². The molecule has 1 aliphatic rings. The Hall–Kier alpha value is -4.07. The zero-order valence-electron chi connectivity index (χ0n) is 19.9. The Kier molecular flexibility index (Phi) is 6.73. The lowest BCUT2D eigenvalue weighted by Gasteiger charge is -2.38. The van der Waals surface area contributed by atoms with E-state index < -0.39 is 47.7 Å². The van der Waals surface area contributed by atoms with Crippen LogP contribution in [0.3, 0.4) is 0 Å². The molecule has 1 saturated heterocycles. The maximum absolute atomic E-state index is 13.5. The van der Waals surface area contributed by atoms with E-state index >= 15 is 0 Å². The van der Waals surface area contributed by atoms with Gasteiger partial charge < -0.3 is 10.0 Å². The minimum atomic E-state index is -2.93. The van der Waals surface area contributed by atoms with Crippen molar-refractivity contribution in [3.63, 3.8) is 0 Å². The molecule has 1 N–H and O–H groups in total. The predicted molar refractivity (Wildman–Crippen MR) is 126 cm³/mol. The summed E-state index contributed by atoms with van der Waals surface area (Å²) in [6, 6.07) is 4.86. The maximum atomic E-state index is 13.5. The van der Waals surface area contributed by atoms with Gasteiger partial charge in [-0.25, -0.2) is 22.8 Å². The SMILES string of the molecule is O=C(CC(C(F)F)n1ccc(F)n1)N1CCC(O)(Cn2cnc3c(cnn3-c3ccc(F)cc3)c2=O)CC1. The van der Waals surface area contributed by atoms with E-state index in [0.717, 1.165) is 16.9 Å². The topological polar surface area (TPSA) is 111 Å². The van der Waals surface area contributed by atoms with Crippen LogP contribution in [0.1, 0.15) is 25.3 Å². The highest BCUT2D eigenvalue weighted by atomic mass is 19.3. The van der Waals surface area contributed by atoms with Crippen LogP contribution in [0.2, 0.25) is 0 Å². The number of rotatable bonds is 7. The molecule has 0 radical (unpaired) electrons. The standard InChI is InChI=1S/C24H23F4N7O3/c25-15-1-3-16(4-2-15)35-22-17(12-30-35)23(37)33(14-29-22)13-24(38)6-9-32(10-7-24)20(36)11-18(21(27)28)34-8-5-19(26)31-34/h1-5,8,12,14,18,21,38H,6-7,9-11,13H2. The van der Waals surface area contributed by atoms with Gasteiger partial charge in [-0.15, -0.1) is 5.10 Å². The number of aliphatic hydroxyl groups is 1. The average molecular weight is 533 g/mol. The van der Waals surface area contributed by atoms with Crippen molar-refractivity contribution in [3.05, 3.63) is 71.2 Å². The molecule has 0 bridgehead atoms. The van der Waals surface area contributed by atoms with Crippen LogP contribution in [0.4, 0.5) is 17.6 Å². The van der Waals surface area contributed by atoms with Crippen molar-refractivity contribution >= 4 is 16.9 Å². The normalized spacial score (nSPS) is 16.3. The summed E-state index contributed by atoms with van der Waals surface area (Å²) in [5.41, 5.74) is -0.971. The zero-order chi connectivity index (χ0) is 27.0. The van der Waals surface area contributed by atoms with Crippen molar-refractivity contribution < 1.29 is 27.5 Å². The number of aromatic nitrogens is 6. The third kappa shape index (κ3) is 5.03. The third-order valence-corrected chi connectivity index (χ3v) is 6.73. The second kappa shape index (κ2) is 10.0. The highest BCUT2D eigenvalue weighted by Gasteiger charge is 2.36. The van der Waals surface area contributed by atoms with Crippen molar-refractivity contribution in [1.29, 1.82) is 0 Å². The van der Waals surface area contributed by atoms with Crippen molar-refractivity contribution in [3.8, 4) is 5.69 Å². The Balaban J connectivity index is 1.25. The quantitative estimate of drug-likeness (QED) is 0.365. The van der Waals surface area contributed by atoms with E-state index in [-0.39, 0.29) is 43.5 Å². The Labute approximate surface area is 212 Å². The molecule has 4 heterocycles. The first-order valence-corrected chi connectivity index (χ1v) is 11.8. The molecule has 14 heteroatoms. The molecule has 1 atom stereocenters. The van der Waals surface area contributed by atoms with Gasteiger partial charge in [0, 0.05) is 25.4 Å². The van der Waals surface area contributed by atoms with Crippen molar-refractivity contribution in [2.24, 2.45) is 0 Å². The number of likely N-dealkylation sites (tertiary alicyclic amines) is 1. The fourth-order valence-corrected chi connectivity index (χ4v) is 4.59. The van der Waals surface area contributed by atoms with Gasteiger partial charge in [0.05, 0.1) is 30.5 Å². The second-order valence-corrected chi connectivity index (χ2v) is 9.28. The predicted octanol–water partition coefficient (Wildman–Crippen LogP) is 2.31. The molecule has 0 aliphatic carbocycles. The Bertz CT molecular complexity index is 1510. The van der Waals surface area contributed by atoms with E-state index in [1.807, 2.05) is 0 Å².